The summed E-state index contributed by atoms with van der Waals surface area (Å²) in [5.74, 6) is -0.167. The number of fused-ring (bicyclic) bond motifs is 1. The number of hydrogen-bond donors (Lipinski definition) is 2. The maximum atomic E-state index is 12.4. The predicted octanol–water partition coefficient (Wildman–Crippen LogP) is 3.00. The van der Waals surface area contributed by atoms with Crippen LogP contribution in [0.15, 0.2) is 67.3 Å². The highest BCUT2D eigenvalue weighted by Crippen LogP contribution is 2.17. The van der Waals surface area contributed by atoms with E-state index in [0.717, 1.165) is 16.7 Å². The van der Waals surface area contributed by atoms with Gasteiger partial charge in [0.05, 0.1) is 23.0 Å². The molecule has 2 heterocycles. The van der Waals surface area contributed by atoms with Crippen molar-refractivity contribution < 1.29 is 4.79 Å². The van der Waals surface area contributed by atoms with Crippen LogP contribution in [0.25, 0.3) is 16.7 Å². The Morgan fingerprint density at radius 2 is 2.09 bits per heavy atom. The van der Waals surface area contributed by atoms with Crippen LogP contribution in [0.3, 0.4) is 0 Å². The first-order valence-corrected chi connectivity index (χ1v) is 7.14. The summed E-state index contributed by atoms with van der Waals surface area (Å²) in [4.78, 5) is 19.6. The summed E-state index contributed by atoms with van der Waals surface area (Å²) in [6.07, 6.45) is 5.18. The molecule has 0 aliphatic heterocycles. The Hall–Kier alpha value is -3.41. The third-order valence-electron chi connectivity index (χ3n) is 3.56. The van der Waals surface area contributed by atoms with Crippen molar-refractivity contribution in [1.29, 1.82) is 0 Å². The second-order valence-electron chi connectivity index (χ2n) is 5.09. The van der Waals surface area contributed by atoms with Gasteiger partial charge in [-0.3, -0.25) is 4.79 Å². The summed E-state index contributed by atoms with van der Waals surface area (Å²) in [5.41, 5.74) is 3.85. The molecule has 6 heteroatoms. The quantitative estimate of drug-likeness (QED) is 0.611. The smallest absolute Gasteiger partial charge is 0.255 e. The number of benzene rings is 2. The highest BCUT2D eigenvalue weighted by atomic mass is 16.1. The molecule has 0 atom stereocenters. The van der Waals surface area contributed by atoms with E-state index in [0.29, 0.717) is 11.3 Å². The molecule has 0 aliphatic carbocycles. The largest absolute Gasteiger partial charge is 0.345 e. The van der Waals surface area contributed by atoms with E-state index < -0.39 is 0 Å². The molecule has 0 unspecified atom stereocenters. The molecule has 112 valence electrons. The number of aromatic amines is 1. The van der Waals surface area contributed by atoms with E-state index in [-0.39, 0.29) is 5.91 Å². The fourth-order valence-electron chi connectivity index (χ4n) is 2.43. The van der Waals surface area contributed by atoms with Crippen LogP contribution >= 0.6 is 0 Å². The summed E-state index contributed by atoms with van der Waals surface area (Å²) in [6, 6.07) is 14.7. The first-order chi connectivity index (χ1) is 11.3. The van der Waals surface area contributed by atoms with Crippen molar-refractivity contribution in [2.75, 3.05) is 5.32 Å². The van der Waals surface area contributed by atoms with Crippen LogP contribution in [0.2, 0.25) is 0 Å². The zero-order chi connectivity index (χ0) is 15.6. The van der Waals surface area contributed by atoms with Gasteiger partial charge >= 0.3 is 0 Å². The lowest BCUT2D eigenvalue weighted by Gasteiger charge is -2.08. The van der Waals surface area contributed by atoms with Crippen LogP contribution in [0, 0.1) is 0 Å². The van der Waals surface area contributed by atoms with Crippen molar-refractivity contribution in [2.24, 2.45) is 0 Å². The van der Waals surface area contributed by atoms with Crippen molar-refractivity contribution in [3.63, 3.8) is 0 Å². The summed E-state index contributed by atoms with van der Waals surface area (Å²) in [6.45, 7) is 0. The minimum Gasteiger partial charge on any atom is -0.345 e. The van der Waals surface area contributed by atoms with E-state index in [4.69, 9.17) is 0 Å². The number of H-pyrrole nitrogens is 1. The lowest BCUT2D eigenvalue weighted by atomic mass is 10.2. The van der Waals surface area contributed by atoms with Gasteiger partial charge in [-0.2, -0.15) is 5.10 Å². The summed E-state index contributed by atoms with van der Waals surface area (Å²) in [7, 11) is 0. The number of carbonyl (C=O) groups is 1. The van der Waals surface area contributed by atoms with Gasteiger partial charge in [-0.15, -0.1) is 0 Å². The van der Waals surface area contributed by atoms with E-state index in [2.05, 4.69) is 20.4 Å². The van der Waals surface area contributed by atoms with Gasteiger partial charge in [0.1, 0.15) is 0 Å². The maximum absolute atomic E-state index is 12.4. The summed E-state index contributed by atoms with van der Waals surface area (Å²) in [5, 5.41) is 7.09. The van der Waals surface area contributed by atoms with Crippen molar-refractivity contribution in [3.8, 4) is 5.69 Å². The number of amides is 1. The lowest BCUT2D eigenvalue weighted by molar-refractivity contribution is 0.102. The molecular weight excluding hydrogens is 290 g/mol. The molecule has 6 nitrogen and oxygen atoms in total. The van der Waals surface area contributed by atoms with E-state index in [9.17, 15) is 4.79 Å². The molecule has 0 radical (unpaired) electrons. The molecular formula is C17H13N5O. The first-order valence-electron chi connectivity index (χ1n) is 7.14. The van der Waals surface area contributed by atoms with Crippen LogP contribution < -0.4 is 5.32 Å². The average molecular weight is 303 g/mol. The van der Waals surface area contributed by atoms with Crippen molar-refractivity contribution in [1.82, 2.24) is 19.7 Å². The molecule has 2 N–H and O–H groups in total. The standard InChI is InChI=1S/C17H13N5O/c23-17(12-5-6-15-16(9-12)19-11-18-15)21-13-3-1-4-14(10-13)22-8-2-7-20-22/h1-11H,(H,18,19)(H,21,23). The van der Waals surface area contributed by atoms with E-state index >= 15 is 0 Å². The van der Waals surface area contributed by atoms with Crippen LogP contribution in [-0.4, -0.2) is 25.7 Å². The number of nitrogens with one attached hydrogen (secondary N) is 2. The van der Waals surface area contributed by atoms with Crippen LogP contribution in [0.4, 0.5) is 5.69 Å². The molecule has 4 aromatic rings. The van der Waals surface area contributed by atoms with Gasteiger partial charge in [-0.1, -0.05) is 6.07 Å². The van der Waals surface area contributed by atoms with Gasteiger partial charge in [0.15, 0.2) is 0 Å². The Labute approximate surface area is 131 Å². The number of rotatable bonds is 3. The Bertz CT molecular complexity index is 972. The van der Waals surface area contributed by atoms with Gasteiger partial charge in [-0.05, 0) is 42.5 Å². The minimum absolute atomic E-state index is 0.167. The van der Waals surface area contributed by atoms with Gasteiger partial charge in [-0.25, -0.2) is 9.67 Å². The number of nitrogens with zero attached hydrogens (tertiary/aromatic N) is 3. The molecule has 0 spiro atoms. The normalized spacial score (nSPS) is 10.8. The lowest BCUT2D eigenvalue weighted by Crippen LogP contribution is -2.12. The first kappa shape index (κ1) is 13.3. The highest BCUT2D eigenvalue weighted by molar-refractivity contribution is 6.06. The van der Waals surface area contributed by atoms with Gasteiger partial charge in [0.2, 0.25) is 0 Å². The maximum Gasteiger partial charge on any atom is 0.255 e. The molecule has 1 amide bonds. The third kappa shape index (κ3) is 2.57. The Kier molecular flexibility index (Phi) is 3.12. The van der Waals surface area contributed by atoms with Crippen molar-refractivity contribution in [3.05, 3.63) is 72.8 Å². The number of imidazole rings is 1. The summed E-state index contributed by atoms with van der Waals surface area (Å²) >= 11 is 0. The van der Waals surface area contributed by atoms with E-state index in [1.54, 1.807) is 29.3 Å². The molecule has 0 saturated heterocycles. The SMILES string of the molecule is O=C(Nc1cccc(-n2cccn2)c1)c1ccc2nc[nH]c2c1. The average Bonchev–Trinajstić information content (AvgIpc) is 3.26. The molecule has 4 rings (SSSR count). The molecule has 0 aliphatic rings. The third-order valence-corrected chi connectivity index (χ3v) is 3.56. The zero-order valence-electron chi connectivity index (χ0n) is 12.1. The zero-order valence-corrected chi connectivity index (χ0v) is 12.1. The van der Waals surface area contributed by atoms with Crippen LogP contribution in [0.5, 0.6) is 0 Å². The Morgan fingerprint density at radius 1 is 1.13 bits per heavy atom. The van der Waals surface area contributed by atoms with Crippen LogP contribution in [-0.2, 0) is 0 Å². The Morgan fingerprint density at radius 3 is 2.96 bits per heavy atom. The number of hydrogen-bond acceptors (Lipinski definition) is 3. The highest BCUT2D eigenvalue weighted by Gasteiger charge is 2.08. The van der Waals surface area contributed by atoms with Crippen molar-refractivity contribution in [2.45, 2.75) is 0 Å². The fourth-order valence-corrected chi connectivity index (χ4v) is 2.43. The monoisotopic (exact) mass is 303 g/mol. The summed E-state index contributed by atoms with van der Waals surface area (Å²) < 4.78 is 1.74. The number of anilines is 1. The number of aromatic nitrogens is 4. The van der Waals surface area contributed by atoms with Gasteiger partial charge in [0, 0.05) is 23.6 Å². The molecule has 0 saturated carbocycles. The molecule has 2 aromatic heterocycles. The van der Waals surface area contributed by atoms with E-state index in [1.165, 1.54) is 0 Å². The van der Waals surface area contributed by atoms with Gasteiger partial charge < -0.3 is 10.3 Å². The minimum atomic E-state index is -0.167. The Balaban J connectivity index is 1.59. The number of carbonyl (C=O) groups excluding carboxylic acids is 1. The molecule has 2 aromatic carbocycles. The van der Waals surface area contributed by atoms with E-state index in [1.807, 2.05) is 42.6 Å². The molecule has 0 fully saturated rings. The predicted molar refractivity (Wildman–Crippen MR) is 87.6 cm³/mol. The second-order valence-corrected chi connectivity index (χ2v) is 5.09. The molecule has 0 bridgehead atoms. The second kappa shape index (κ2) is 5.42. The van der Waals surface area contributed by atoms with Crippen molar-refractivity contribution >= 4 is 22.6 Å². The molecule has 23 heavy (non-hydrogen) atoms. The topological polar surface area (TPSA) is 75.6 Å². The fraction of sp³-hybridized carbons (Fsp3) is 0. The van der Waals surface area contributed by atoms with Gasteiger partial charge in [0.25, 0.3) is 5.91 Å². The van der Waals surface area contributed by atoms with Crippen LogP contribution in [0.1, 0.15) is 10.4 Å².